The highest BCUT2D eigenvalue weighted by atomic mass is 31.2. The molecule has 0 heterocycles. The van der Waals surface area contributed by atoms with Crippen LogP contribution < -0.4 is 5.30 Å². The quantitative estimate of drug-likeness (QED) is 0.546. The minimum Gasteiger partial charge on any atom is -0.478 e. The molecule has 4 N–H and O–H groups in total. The molecular formula is C8H7O7P. The van der Waals surface area contributed by atoms with Crippen molar-refractivity contribution in [2.45, 2.75) is 0 Å². The van der Waals surface area contributed by atoms with E-state index in [1.165, 1.54) is 0 Å². The largest absolute Gasteiger partial charge is 0.478 e. The predicted molar refractivity (Wildman–Crippen MR) is 52.0 cm³/mol. The number of benzene rings is 1. The van der Waals surface area contributed by atoms with Gasteiger partial charge in [-0.1, -0.05) is 0 Å². The molecule has 0 aromatic heterocycles. The van der Waals surface area contributed by atoms with E-state index in [9.17, 15) is 14.2 Å². The fourth-order valence-electron chi connectivity index (χ4n) is 1.09. The van der Waals surface area contributed by atoms with Crippen molar-refractivity contribution in [2.24, 2.45) is 0 Å². The summed E-state index contributed by atoms with van der Waals surface area (Å²) in [5.41, 5.74) is -1.07. The molecule has 0 amide bonds. The van der Waals surface area contributed by atoms with Crippen molar-refractivity contribution in [1.82, 2.24) is 0 Å². The number of rotatable bonds is 3. The first-order chi connectivity index (χ1) is 7.23. The lowest BCUT2D eigenvalue weighted by molar-refractivity contribution is 0.0696. The van der Waals surface area contributed by atoms with E-state index < -0.39 is 30.4 Å². The maximum Gasteiger partial charge on any atom is 0.357 e. The molecule has 16 heavy (non-hydrogen) atoms. The summed E-state index contributed by atoms with van der Waals surface area (Å²) in [5, 5.41) is 16.6. The van der Waals surface area contributed by atoms with Gasteiger partial charge >= 0.3 is 19.5 Å². The first kappa shape index (κ1) is 12.4. The minimum atomic E-state index is -4.73. The highest BCUT2D eigenvalue weighted by Gasteiger charge is 2.25. The predicted octanol–water partition coefficient (Wildman–Crippen LogP) is -0.114. The molecule has 0 saturated carbocycles. The summed E-state index contributed by atoms with van der Waals surface area (Å²) in [5.74, 6) is -2.97. The Hall–Kier alpha value is -1.69. The standard InChI is InChI=1S/C8H7O7P/c9-7(10)4-1-2-6(16(13,14)15)5(3-4)8(11)12/h1-3H,(H,9,10)(H,11,12)(H2,13,14,15). The fourth-order valence-corrected chi connectivity index (χ4v) is 1.84. The van der Waals surface area contributed by atoms with E-state index in [4.69, 9.17) is 20.0 Å². The van der Waals surface area contributed by atoms with Crippen molar-refractivity contribution in [2.75, 3.05) is 0 Å². The Morgan fingerprint density at radius 1 is 1.06 bits per heavy atom. The topological polar surface area (TPSA) is 132 Å². The van der Waals surface area contributed by atoms with Crippen LogP contribution in [0.4, 0.5) is 0 Å². The van der Waals surface area contributed by atoms with Crippen LogP contribution in [0.5, 0.6) is 0 Å². The molecule has 0 aliphatic heterocycles. The van der Waals surface area contributed by atoms with Gasteiger partial charge in [0.15, 0.2) is 0 Å². The number of carboxylic acid groups (broad SMARTS) is 2. The third-order valence-corrected chi connectivity index (χ3v) is 2.81. The molecule has 8 heteroatoms. The van der Waals surface area contributed by atoms with Gasteiger partial charge in [0, 0.05) is 0 Å². The molecule has 7 nitrogen and oxygen atoms in total. The smallest absolute Gasteiger partial charge is 0.357 e. The van der Waals surface area contributed by atoms with Crippen molar-refractivity contribution in [3.63, 3.8) is 0 Å². The SMILES string of the molecule is O=C(O)c1ccc(P(=O)(O)O)c(C(=O)O)c1. The number of aromatic carboxylic acids is 2. The molecule has 0 radical (unpaired) electrons. The van der Waals surface area contributed by atoms with Crippen LogP contribution in [0.1, 0.15) is 20.7 Å². The van der Waals surface area contributed by atoms with E-state index in [1.54, 1.807) is 0 Å². The van der Waals surface area contributed by atoms with E-state index in [-0.39, 0.29) is 5.56 Å². The zero-order chi connectivity index (χ0) is 12.5. The van der Waals surface area contributed by atoms with Crippen LogP contribution in [0, 0.1) is 0 Å². The molecule has 0 spiro atoms. The van der Waals surface area contributed by atoms with Gasteiger partial charge in [-0.25, -0.2) is 9.59 Å². The van der Waals surface area contributed by atoms with Crippen molar-refractivity contribution in [1.29, 1.82) is 0 Å². The Kier molecular flexibility index (Phi) is 3.14. The van der Waals surface area contributed by atoms with Gasteiger partial charge in [0.05, 0.1) is 16.4 Å². The Morgan fingerprint density at radius 3 is 2.00 bits per heavy atom. The normalized spacial score (nSPS) is 11.1. The maximum absolute atomic E-state index is 10.9. The Balaban J connectivity index is 3.49. The first-order valence-electron chi connectivity index (χ1n) is 3.90. The van der Waals surface area contributed by atoms with Crippen LogP contribution in [-0.4, -0.2) is 31.9 Å². The molecule has 0 aliphatic carbocycles. The van der Waals surface area contributed by atoms with E-state index in [2.05, 4.69) is 0 Å². The van der Waals surface area contributed by atoms with E-state index in [0.717, 1.165) is 12.1 Å². The van der Waals surface area contributed by atoms with Crippen molar-refractivity contribution < 1.29 is 34.2 Å². The summed E-state index contributed by atoms with van der Waals surface area (Å²) in [6, 6.07) is 2.44. The third-order valence-electron chi connectivity index (χ3n) is 1.79. The number of hydrogen-bond donors (Lipinski definition) is 4. The van der Waals surface area contributed by atoms with Crippen LogP contribution in [0.15, 0.2) is 18.2 Å². The van der Waals surface area contributed by atoms with Crippen molar-refractivity contribution >= 4 is 24.8 Å². The zero-order valence-electron chi connectivity index (χ0n) is 7.69. The first-order valence-corrected chi connectivity index (χ1v) is 5.51. The third kappa shape index (κ3) is 2.46. The van der Waals surface area contributed by atoms with E-state index in [0.29, 0.717) is 6.07 Å². The molecular weight excluding hydrogens is 239 g/mol. The highest BCUT2D eigenvalue weighted by molar-refractivity contribution is 7.60. The molecule has 1 aromatic rings. The monoisotopic (exact) mass is 246 g/mol. The fraction of sp³-hybridized carbons (Fsp3) is 0. The van der Waals surface area contributed by atoms with Gasteiger partial charge in [-0.05, 0) is 18.2 Å². The Bertz CT molecular complexity index is 501. The lowest BCUT2D eigenvalue weighted by atomic mass is 10.1. The molecule has 0 saturated heterocycles. The van der Waals surface area contributed by atoms with E-state index in [1.807, 2.05) is 0 Å². The number of carbonyl (C=O) groups is 2. The van der Waals surface area contributed by atoms with Gasteiger partial charge in [0.1, 0.15) is 0 Å². The lowest BCUT2D eigenvalue weighted by Gasteiger charge is -2.08. The van der Waals surface area contributed by atoms with Gasteiger partial charge < -0.3 is 20.0 Å². The molecule has 1 aromatic carbocycles. The summed E-state index contributed by atoms with van der Waals surface area (Å²) in [4.78, 5) is 39.0. The summed E-state index contributed by atoms with van der Waals surface area (Å²) < 4.78 is 10.9. The second-order valence-corrected chi connectivity index (χ2v) is 4.46. The maximum atomic E-state index is 10.9. The molecule has 0 fully saturated rings. The summed E-state index contributed by atoms with van der Waals surface area (Å²) >= 11 is 0. The zero-order valence-corrected chi connectivity index (χ0v) is 8.59. The van der Waals surface area contributed by atoms with Crippen molar-refractivity contribution in [3.8, 4) is 0 Å². The van der Waals surface area contributed by atoms with Gasteiger partial charge in [-0.15, -0.1) is 0 Å². The average Bonchev–Trinajstić information content (AvgIpc) is 2.15. The van der Waals surface area contributed by atoms with Crippen LogP contribution in [0.25, 0.3) is 0 Å². The average molecular weight is 246 g/mol. The second-order valence-electron chi connectivity index (χ2n) is 2.89. The Labute approximate surface area is 89.1 Å². The Morgan fingerprint density at radius 2 is 1.62 bits per heavy atom. The van der Waals surface area contributed by atoms with Crippen LogP contribution >= 0.6 is 7.60 Å². The van der Waals surface area contributed by atoms with E-state index >= 15 is 0 Å². The van der Waals surface area contributed by atoms with Gasteiger partial charge in [-0.3, -0.25) is 4.57 Å². The molecule has 0 unspecified atom stereocenters. The summed E-state index contributed by atoms with van der Waals surface area (Å²) in [6.45, 7) is 0. The second kappa shape index (κ2) is 4.05. The molecule has 86 valence electrons. The number of carboxylic acids is 2. The minimum absolute atomic E-state index is 0.352. The van der Waals surface area contributed by atoms with Crippen LogP contribution in [0.2, 0.25) is 0 Å². The molecule has 0 bridgehead atoms. The molecule has 0 atom stereocenters. The van der Waals surface area contributed by atoms with Gasteiger partial charge in [0.2, 0.25) is 0 Å². The summed E-state index contributed by atoms with van der Waals surface area (Å²) in [7, 11) is -4.73. The molecule has 0 aliphatic rings. The van der Waals surface area contributed by atoms with Crippen LogP contribution in [-0.2, 0) is 4.57 Å². The molecule has 1 rings (SSSR count). The van der Waals surface area contributed by atoms with Crippen LogP contribution in [0.3, 0.4) is 0 Å². The van der Waals surface area contributed by atoms with Gasteiger partial charge in [-0.2, -0.15) is 0 Å². The number of hydrogen-bond acceptors (Lipinski definition) is 3. The van der Waals surface area contributed by atoms with Crippen molar-refractivity contribution in [3.05, 3.63) is 29.3 Å². The highest BCUT2D eigenvalue weighted by Crippen LogP contribution is 2.34. The van der Waals surface area contributed by atoms with Gasteiger partial charge in [0.25, 0.3) is 0 Å². The summed E-state index contributed by atoms with van der Waals surface area (Å²) in [6.07, 6.45) is 0. The lowest BCUT2D eigenvalue weighted by Crippen LogP contribution is -2.17.